The lowest BCUT2D eigenvalue weighted by Gasteiger charge is -2.37. The number of rotatable bonds is 7. The van der Waals surface area contributed by atoms with E-state index in [0.717, 1.165) is 22.6 Å². The van der Waals surface area contributed by atoms with Crippen molar-refractivity contribution in [2.24, 2.45) is 0 Å². The van der Waals surface area contributed by atoms with Crippen LogP contribution in [0.1, 0.15) is 28.9 Å². The third-order valence-electron chi connectivity index (χ3n) is 7.08. The predicted octanol–water partition coefficient (Wildman–Crippen LogP) is 4.83. The first kappa shape index (κ1) is 26.0. The lowest BCUT2D eigenvalue weighted by Crippen LogP contribution is -2.52. The Morgan fingerprint density at radius 2 is 1.46 bits per heavy atom. The van der Waals surface area contributed by atoms with Gasteiger partial charge in [-0.05, 0) is 48.9 Å². The van der Waals surface area contributed by atoms with Crippen molar-refractivity contribution in [1.29, 1.82) is 0 Å². The zero-order valence-corrected chi connectivity index (χ0v) is 21.8. The summed E-state index contributed by atoms with van der Waals surface area (Å²) in [5.41, 5.74) is 3.08. The van der Waals surface area contributed by atoms with Crippen molar-refractivity contribution in [3.63, 3.8) is 0 Å². The van der Waals surface area contributed by atoms with E-state index < -0.39 is 5.82 Å². The Labute approximate surface area is 227 Å². The minimum atomic E-state index is -0.414. The molecule has 39 heavy (non-hydrogen) atoms. The molecule has 3 aromatic carbocycles. The van der Waals surface area contributed by atoms with E-state index in [4.69, 9.17) is 0 Å². The van der Waals surface area contributed by atoms with E-state index >= 15 is 0 Å². The molecule has 1 fully saturated rings. The van der Waals surface area contributed by atoms with Gasteiger partial charge in [-0.3, -0.25) is 9.59 Å². The van der Waals surface area contributed by atoms with Crippen molar-refractivity contribution in [3.8, 4) is 11.3 Å². The number of nitrogens with zero attached hydrogens (tertiary/aromatic N) is 5. The Balaban J connectivity index is 1.25. The SMILES string of the molecule is C[C@@H](c1ccccc1)N(CC(=O)N1CCN(c2ccc(-c3ccccc3)nn2)CC1)C(=O)c1ccc(F)cc1. The standard InChI is InChI=1S/C31H30FN5O2/c1-23(24-8-4-2-5-9-24)37(31(39)26-12-14-27(32)15-13-26)22-30(38)36-20-18-35(19-21-36)29-17-16-28(33-34-29)25-10-6-3-7-11-25/h2-17,23H,18-22H2,1H3/t23-/m0/s1. The second-order valence-electron chi connectivity index (χ2n) is 9.54. The molecule has 8 heteroatoms. The van der Waals surface area contributed by atoms with Gasteiger partial charge in [-0.2, -0.15) is 0 Å². The van der Waals surface area contributed by atoms with Gasteiger partial charge in [-0.1, -0.05) is 60.7 Å². The highest BCUT2D eigenvalue weighted by molar-refractivity contribution is 5.96. The number of hydrogen-bond donors (Lipinski definition) is 0. The van der Waals surface area contributed by atoms with Gasteiger partial charge < -0.3 is 14.7 Å². The van der Waals surface area contributed by atoms with Gasteiger partial charge in [-0.25, -0.2) is 4.39 Å². The van der Waals surface area contributed by atoms with E-state index in [-0.39, 0.29) is 24.4 Å². The molecule has 0 N–H and O–H groups in total. The summed E-state index contributed by atoms with van der Waals surface area (Å²) < 4.78 is 13.5. The summed E-state index contributed by atoms with van der Waals surface area (Å²) in [6.07, 6.45) is 0. The first-order valence-corrected chi connectivity index (χ1v) is 13.0. The fourth-order valence-electron chi connectivity index (χ4n) is 4.74. The third kappa shape index (κ3) is 6.12. The number of carbonyl (C=O) groups is 2. The number of hydrogen-bond acceptors (Lipinski definition) is 5. The largest absolute Gasteiger partial charge is 0.352 e. The minimum absolute atomic E-state index is 0.0716. The van der Waals surface area contributed by atoms with Crippen molar-refractivity contribution >= 4 is 17.6 Å². The van der Waals surface area contributed by atoms with Crippen LogP contribution in [-0.4, -0.2) is 64.5 Å². The van der Waals surface area contributed by atoms with Crippen molar-refractivity contribution in [2.75, 3.05) is 37.6 Å². The van der Waals surface area contributed by atoms with Crippen LogP contribution in [0.2, 0.25) is 0 Å². The van der Waals surface area contributed by atoms with E-state index in [1.165, 1.54) is 24.3 Å². The van der Waals surface area contributed by atoms with Crippen molar-refractivity contribution in [2.45, 2.75) is 13.0 Å². The molecule has 7 nitrogen and oxygen atoms in total. The van der Waals surface area contributed by atoms with Gasteiger partial charge in [0.2, 0.25) is 5.91 Å². The number of halogens is 1. The first-order valence-electron chi connectivity index (χ1n) is 13.0. The highest BCUT2D eigenvalue weighted by atomic mass is 19.1. The van der Waals surface area contributed by atoms with E-state index in [1.807, 2.05) is 79.7 Å². The van der Waals surface area contributed by atoms with Gasteiger partial charge in [0.1, 0.15) is 12.4 Å². The normalized spacial score (nSPS) is 14.1. The zero-order chi connectivity index (χ0) is 27.2. The quantitative estimate of drug-likeness (QED) is 0.347. The molecule has 198 valence electrons. The van der Waals surface area contributed by atoms with Gasteiger partial charge in [-0.15, -0.1) is 10.2 Å². The second kappa shape index (κ2) is 11.9. The summed E-state index contributed by atoms with van der Waals surface area (Å²) in [5, 5.41) is 8.79. The summed E-state index contributed by atoms with van der Waals surface area (Å²) in [7, 11) is 0. The molecular weight excluding hydrogens is 493 g/mol. The smallest absolute Gasteiger partial charge is 0.254 e. The van der Waals surface area contributed by atoms with E-state index in [2.05, 4.69) is 15.1 Å². The first-order chi connectivity index (χ1) is 19.0. The van der Waals surface area contributed by atoms with Crippen LogP contribution in [0.15, 0.2) is 97.1 Å². The Bertz CT molecular complexity index is 1390. The maximum Gasteiger partial charge on any atom is 0.254 e. The number of piperazine rings is 1. The molecule has 2 heterocycles. The molecule has 0 spiro atoms. The number of benzene rings is 3. The Morgan fingerprint density at radius 1 is 0.821 bits per heavy atom. The number of carbonyl (C=O) groups excluding carboxylic acids is 2. The van der Waals surface area contributed by atoms with Crippen LogP contribution in [0.4, 0.5) is 10.2 Å². The average Bonchev–Trinajstić information content (AvgIpc) is 3.00. The molecular formula is C31H30FN5O2. The molecule has 0 unspecified atom stereocenters. The van der Waals surface area contributed by atoms with Gasteiger partial charge >= 0.3 is 0 Å². The summed E-state index contributed by atoms with van der Waals surface area (Å²) in [5.74, 6) is -0.0827. The van der Waals surface area contributed by atoms with Gasteiger partial charge in [0.15, 0.2) is 5.82 Å². The van der Waals surface area contributed by atoms with Gasteiger partial charge in [0, 0.05) is 37.3 Å². The van der Waals surface area contributed by atoms with E-state index in [1.54, 1.807) is 9.80 Å². The summed E-state index contributed by atoms with van der Waals surface area (Å²) in [4.78, 5) is 32.3. The Hall–Kier alpha value is -4.59. The zero-order valence-electron chi connectivity index (χ0n) is 21.8. The topological polar surface area (TPSA) is 69.6 Å². The van der Waals surface area contributed by atoms with Crippen LogP contribution < -0.4 is 4.90 Å². The van der Waals surface area contributed by atoms with Crippen LogP contribution in [0.3, 0.4) is 0 Å². The molecule has 2 amide bonds. The summed E-state index contributed by atoms with van der Waals surface area (Å²) >= 11 is 0. The molecule has 0 saturated carbocycles. The summed E-state index contributed by atoms with van der Waals surface area (Å²) in [6, 6.07) is 28.5. The van der Waals surface area contributed by atoms with Crippen molar-refractivity contribution < 1.29 is 14.0 Å². The number of amides is 2. The molecule has 5 rings (SSSR count). The van der Waals surface area contributed by atoms with Crippen LogP contribution in [0, 0.1) is 5.82 Å². The fraction of sp³-hybridized carbons (Fsp3) is 0.226. The van der Waals surface area contributed by atoms with Crippen molar-refractivity contribution in [1.82, 2.24) is 20.0 Å². The minimum Gasteiger partial charge on any atom is -0.352 e. The monoisotopic (exact) mass is 523 g/mol. The second-order valence-corrected chi connectivity index (χ2v) is 9.54. The molecule has 1 aliphatic rings. The highest BCUT2D eigenvalue weighted by Crippen LogP contribution is 2.24. The lowest BCUT2D eigenvalue weighted by molar-refractivity contribution is -0.132. The predicted molar refractivity (Wildman–Crippen MR) is 149 cm³/mol. The number of aromatic nitrogens is 2. The fourth-order valence-corrected chi connectivity index (χ4v) is 4.74. The van der Waals surface area contributed by atoms with Gasteiger partial charge in [0.25, 0.3) is 5.91 Å². The summed E-state index contributed by atoms with van der Waals surface area (Å²) in [6.45, 7) is 4.09. The Morgan fingerprint density at radius 3 is 2.08 bits per heavy atom. The average molecular weight is 524 g/mol. The molecule has 1 aromatic heterocycles. The highest BCUT2D eigenvalue weighted by Gasteiger charge is 2.29. The van der Waals surface area contributed by atoms with Crippen LogP contribution in [0.5, 0.6) is 0 Å². The lowest BCUT2D eigenvalue weighted by atomic mass is 10.1. The maximum atomic E-state index is 13.5. The van der Waals surface area contributed by atoms with Crippen LogP contribution >= 0.6 is 0 Å². The van der Waals surface area contributed by atoms with Crippen LogP contribution in [0.25, 0.3) is 11.3 Å². The molecule has 1 aliphatic heterocycles. The molecule has 1 atom stereocenters. The number of anilines is 1. The third-order valence-corrected chi connectivity index (χ3v) is 7.08. The molecule has 1 saturated heterocycles. The molecule has 0 radical (unpaired) electrons. The van der Waals surface area contributed by atoms with Crippen molar-refractivity contribution in [3.05, 3.63) is 114 Å². The molecule has 0 aliphatic carbocycles. The van der Waals surface area contributed by atoms with Gasteiger partial charge in [0.05, 0.1) is 11.7 Å². The van der Waals surface area contributed by atoms with Crippen LogP contribution in [-0.2, 0) is 4.79 Å². The van der Waals surface area contributed by atoms with E-state index in [0.29, 0.717) is 31.7 Å². The Kier molecular flexibility index (Phi) is 7.91. The molecule has 0 bridgehead atoms. The molecule has 4 aromatic rings. The maximum absolute atomic E-state index is 13.5. The van der Waals surface area contributed by atoms with E-state index in [9.17, 15) is 14.0 Å².